The van der Waals surface area contributed by atoms with Gasteiger partial charge in [0.15, 0.2) is 5.76 Å². The Bertz CT molecular complexity index is 685. The summed E-state index contributed by atoms with van der Waals surface area (Å²) in [5, 5.41) is 4.91. The van der Waals surface area contributed by atoms with Crippen LogP contribution in [-0.2, 0) is 6.54 Å². The molecule has 0 amide bonds. The predicted molar refractivity (Wildman–Crippen MR) is 73.0 cm³/mol. The topological polar surface area (TPSA) is 43.9 Å². The summed E-state index contributed by atoms with van der Waals surface area (Å²) in [5.41, 5.74) is 2.07. The van der Waals surface area contributed by atoms with Crippen molar-refractivity contribution in [3.63, 3.8) is 0 Å². The summed E-state index contributed by atoms with van der Waals surface area (Å²) in [6.45, 7) is 2.53. The van der Waals surface area contributed by atoms with Crippen LogP contribution >= 0.6 is 11.6 Å². The Labute approximate surface area is 115 Å². The van der Waals surface area contributed by atoms with E-state index in [2.05, 4.69) is 10.1 Å². The highest BCUT2D eigenvalue weighted by Crippen LogP contribution is 2.22. The summed E-state index contributed by atoms with van der Waals surface area (Å²) in [4.78, 5) is 4.26. The minimum Gasteiger partial charge on any atom is -0.439 e. The maximum atomic E-state index is 5.86. The number of aromatic nitrogens is 3. The van der Waals surface area contributed by atoms with Gasteiger partial charge in [-0.3, -0.25) is 4.68 Å². The third kappa shape index (κ3) is 2.69. The highest BCUT2D eigenvalue weighted by Gasteiger charge is 2.07. The van der Waals surface area contributed by atoms with Crippen LogP contribution in [0.15, 0.2) is 47.3 Å². The molecule has 3 rings (SSSR count). The van der Waals surface area contributed by atoms with Crippen molar-refractivity contribution in [2.24, 2.45) is 0 Å². The molecule has 0 atom stereocenters. The molecule has 0 aliphatic rings. The molecule has 5 heteroatoms. The molecule has 2 heterocycles. The maximum Gasteiger partial charge on any atom is 0.216 e. The van der Waals surface area contributed by atoms with Crippen molar-refractivity contribution in [3.05, 3.63) is 59.3 Å². The van der Waals surface area contributed by atoms with Gasteiger partial charge in [0.2, 0.25) is 5.89 Å². The first-order valence-electron chi connectivity index (χ1n) is 5.90. The molecule has 0 N–H and O–H groups in total. The van der Waals surface area contributed by atoms with Gasteiger partial charge in [0.05, 0.1) is 12.4 Å². The Morgan fingerprint density at radius 2 is 2.00 bits per heavy atom. The van der Waals surface area contributed by atoms with Gasteiger partial charge >= 0.3 is 0 Å². The summed E-state index contributed by atoms with van der Waals surface area (Å²) in [5.74, 6) is 1.36. The van der Waals surface area contributed by atoms with Gasteiger partial charge in [-0.2, -0.15) is 5.10 Å². The van der Waals surface area contributed by atoms with E-state index in [1.807, 2.05) is 43.6 Å². The molecular formula is C14H12ClN3O. The van der Waals surface area contributed by atoms with E-state index < -0.39 is 0 Å². The fourth-order valence-electron chi connectivity index (χ4n) is 1.82. The average molecular weight is 274 g/mol. The van der Waals surface area contributed by atoms with Gasteiger partial charge in [-0.1, -0.05) is 11.6 Å². The lowest BCUT2D eigenvalue weighted by molar-refractivity contribution is 0.474. The fourth-order valence-corrected chi connectivity index (χ4v) is 1.95. The van der Waals surface area contributed by atoms with Crippen LogP contribution in [0.4, 0.5) is 0 Å². The Morgan fingerprint density at radius 3 is 2.68 bits per heavy atom. The van der Waals surface area contributed by atoms with Gasteiger partial charge in [0.1, 0.15) is 6.54 Å². The second kappa shape index (κ2) is 4.90. The van der Waals surface area contributed by atoms with Gasteiger partial charge in [-0.15, -0.1) is 0 Å². The van der Waals surface area contributed by atoms with E-state index in [0.29, 0.717) is 17.5 Å². The smallest absolute Gasteiger partial charge is 0.216 e. The zero-order chi connectivity index (χ0) is 13.2. The Balaban J connectivity index is 1.81. The molecule has 0 saturated heterocycles. The van der Waals surface area contributed by atoms with E-state index in [9.17, 15) is 0 Å². The molecule has 3 aromatic rings. The molecule has 2 aromatic heterocycles. The highest BCUT2D eigenvalue weighted by molar-refractivity contribution is 6.30. The van der Waals surface area contributed by atoms with Crippen LogP contribution in [0, 0.1) is 6.92 Å². The van der Waals surface area contributed by atoms with Crippen LogP contribution in [0.3, 0.4) is 0 Å². The molecule has 0 radical (unpaired) electrons. The van der Waals surface area contributed by atoms with Crippen molar-refractivity contribution >= 4 is 11.6 Å². The Kier molecular flexibility index (Phi) is 3.09. The largest absolute Gasteiger partial charge is 0.439 e. The monoisotopic (exact) mass is 273 g/mol. The number of hydrogen-bond acceptors (Lipinski definition) is 3. The molecule has 19 heavy (non-hydrogen) atoms. The van der Waals surface area contributed by atoms with Crippen molar-refractivity contribution in [2.45, 2.75) is 13.5 Å². The highest BCUT2D eigenvalue weighted by atomic mass is 35.5. The van der Waals surface area contributed by atoms with E-state index >= 15 is 0 Å². The van der Waals surface area contributed by atoms with Gasteiger partial charge in [-0.25, -0.2) is 4.98 Å². The second-order valence-corrected chi connectivity index (χ2v) is 4.78. The minimum atomic E-state index is 0.529. The Hall–Kier alpha value is -2.07. The van der Waals surface area contributed by atoms with Crippen molar-refractivity contribution in [3.8, 4) is 11.3 Å². The molecular weight excluding hydrogens is 262 g/mol. The minimum absolute atomic E-state index is 0.529. The SMILES string of the molecule is Cc1cnn(Cc2ncc(-c3ccc(Cl)cc3)o2)c1. The van der Waals surface area contributed by atoms with E-state index in [1.54, 1.807) is 10.9 Å². The first-order chi connectivity index (χ1) is 9.20. The van der Waals surface area contributed by atoms with E-state index in [4.69, 9.17) is 16.0 Å². The number of halogens is 1. The van der Waals surface area contributed by atoms with Crippen molar-refractivity contribution < 1.29 is 4.42 Å². The first-order valence-corrected chi connectivity index (χ1v) is 6.28. The predicted octanol–water partition coefficient (Wildman–Crippen LogP) is 3.55. The molecule has 0 fully saturated rings. The van der Waals surface area contributed by atoms with E-state index in [0.717, 1.165) is 16.9 Å². The van der Waals surface area contributed by atoms with Crippen LogP contribution in [0.1, 0.15) is 11.5 Å². The van der Waals surface area contributed by atoms with E-state index in [1.165, 1.54) is 0 Å². The zero-order valence-corrected chi connectivity index (χ0v) is 11.1. The van der Waals surface area contributed by atoms with Crippen LogP contribution < -0.4 is 0 Å². The molecule has 4 nitrogen and oxygen atoms in total. The third-order valence-electron chi connectivity index (χ3n) is 2.74. The quantitative estimate of drug-likeness (QED) is 0.733. The lowest BCUT2D eigenvalue weighted by Gasteiger charge is -1.97. The van der Waals surface area contributed by atoms with Crippen LogP contribution in [-0.4, -0.2) is 14.8 Å². The standard InChI is InChI=1S/C14H12ClN3O/c1-10-6-17-18(8-10)9-14-16-7-13(19-14)11-2-4-12(15)5-3-11/h2-8H,9H2,1H3. The number of nitrogens with zero attached hydrogens (tertiary/aromatic N) is 3. The maximum absolute atomic E-state index is 5.86. The molecule has 0 aliphatic heterocycles. The summed E-state index contributed by atoms with van der Waals surface area (Å²) in [6, 6.07) is 7.47. The van der Waals surface area contributed by atoms with Crippen molar-refractivity contribution in [2.75, 3.05) is 0 Å². The van der Waals surface area contributed by atoms with Crippen LogP contribution in [0.25, 0.3) is 11.3 Å². The number of oxazole rings is 1. The van der Waals surface area contributed by atoms with Gasteiger partial charge in [-0.05, 0) is 36.8 Å². The number of aryl methyl sites for hydroxylation is 1. The number of rotatable bonds is 3. The van der Waals surface area contributed by atoms with Crippen molar-refractivity contribution in [1.29, 1.82) is 0 Å². The lowest BCUT2D eigenvalue weighted by atomic mass is 10.2. The second-order valence-electron chi connectivity index (χ2n) is 4.34. The molecule has 0 aliphatic carbocycles. The number of benzene rings is 1. The summed E-state index contributed by atoms with van der Waals surface area (Å²) in [6.07, 6.45) is 5.48. The van der Waals surface area contributed by atoms with Crippen molar-refractivity contribution in [1.82, 2.24) is 14.8 Å². The van der Waals surface area contributed by atoms with Gasteiger partial charge in [0.25, 0.3) is 0 Å². The third-order valence-corrected chi connectivity index (χ3v) is 2.99. The molecule has 0 unspecified atom stereocenters. The lowest BCUT2D eigenvalue weighted by Crippen LogP contribution is -1.99. The molecule has 0 saturated carbocycles. The molecule has 96 valence electrons. The zero-order valence-electron chi connectivity index (χ0n) is 10.4. The average Bonchev–Trinajstić information content (AvgIpc) is 3.00. The van der Waals surface area contributed by atoms with Gasteiger partial charge < -0.3 is 4.42 Å². The summed E-state index contributed by atoms with van der Waals surface area (Å²) < 4.78 is 7.51. The fraction of sp³-hybridized carbons (Fsp3) is 0.143. The van der Waals surface area contributed by atoms with Crippen LogP contribution in [0.2, 0.25) is 5.02 Å². The molecule has 0 bridgehead atoms. The molecule has 1 aromatic carbocycles. The normalized spacial score (nSPS) is 10.8. The number of hydrogen-bond donors (Lipinski definition) is 0. The molecule has 0 spiro atoms. The summed E-state index contributed by atoms with van der Waals surface area (Å²) >= 11 is 5.86. The van der Waals surface area contributed by atoms with Crippen LogP contribution in [0.5, 0.6) is 0 Å². The first kappa shape index (κ1) is 12.0. The van der Waals surface area contributed by atoms with E-state index in [-0.39, 0.29) is 0 Å². The Morgan fingerprint density at radius 1 is 1.21 bits per heavy atom. The van der Waals surface area contributed by atoms with Gasteiger partial charge in [0, 0.05) is 16.8 Å². The summed E-state index contributed by atoms with van der Waals surface area (Å²) in [7, 11) is 0.